The van der Waals surface area contributed by atoms with Crippen molar-refractivity contribution in [3.63, 3.8) is 0 Å². The Bertz CT molecular complexity index is 1190. The first kappa shape index (κ1) is 17.7. The van der Waals surface area contributed by atoms with Gasteiger partial charge in [-0.3, -0.25) is 20.4 Å². The highest BCUT2D eigenvalue weighted by Gasteiger charge is 2.14. The number of carbonyl (C=O) groups excluding carboxylic acids is 2. The zero-order valence-electron chi connectivity index (χ0n) is 15.5. The van der Waals surface area contributed by atoms with Crippen molar-refractivity contribution in [2.24, 2.45) is 0 Å². The van der Waals surface area contributed by atoms with Gasteiger partial charge in [0.15, 0.2) is 0 Å². The van der Waals surface area contributed by atoms with Crippen molar-refractivity contribution in [2.45, 2.75) is 26.7 Å². The molecule has 3 aromatic heterocycles. The van der Waals surface area contributed by atoms with Crippen LogP contribution in [0.1, 0.15) is 33.7 Å². The molecule has 0 aliphatic carbocycles. The molecule has 28 heavy (non-hydrogen) atoms. The molecule has 0 saturated heterocycles. The molecule has 0 atom stereocenters. The quantitative estimate of drug-likeness (QED) is 0.467. The number of carbonyl (C=O) groups is 2. The topological polar surface area (TPSA) is 117 Å². The number of aromatic amines is 1. The van der Waals surface area contributed by atoms with Gasteiger partial charge in [-0.1, -0.05) is 18.2 Å². The lowest BCUT2D eigenvalue weighted by Crippen LogP contribution is -2.41. The molecule has 4 aromatic rings. The SMILES string of the molecule is Cc1nc2ncnn2c(C)c1CCC(=O)NNC(=O)c1c[nH]c2ccccc12. The molecular formula is C19H19N7O2. The molecule has 0 saturated carbocycles. The van der Waals surface area contributed by atoms with Crippen molar-refractivity contribution >= 4 is 28.5 Å². The lowest BCUT2D eigenvalue weighted by Gasteiger charge is -2.11. The van der Waals surface area contributed by atoms with Crippen molar-refractivity contribution in [3.05, 3.63) is 59.3 Å². The zero-order chi connectivity index (χ0) is 19.7. The van der Waals surface area contributed by atoms with Crippen LogP contribution in [0, 0.1) is 13.8 Å². The highest BCUT2D eigenvalue weighted by Crippen LogP contribution is 2.17. The van der Waals surface area contributed by atoms with Gasteiger partial charge >= 0.3 is 0 Å². The number of nitrogens with zero attached hydrogens (tertiary/aromatic N) is 4. The second-order valence-corrected chi connectivity index (χ2v) is 6.48. The number of hydrazine groups is 1. The van der Waals surface area contributed by atoms with Gasteiger partial charge in [0, 0.05) is 34.9 Å². The first-order chi connectivity index (χ1) is 13.5. The molecule has 0 spiro atoms. The first-order valence-corrected chi connectivity index (χ1v) is 8.85. The fourth-order valence-electron chi connectivity index (χ4n) is 3.27. The molecule has 9 heteroatoms. The van der Waals surface area contributed by atoms with Crippen LogP contribution >= 0.6 is 0 Å². The van der Waals surface area contributed by atoms with E-state index in [1.807, 2.05) is 38.1 Å². The molecule has 3 heterocycles. The van der Waals surface area contributed by atoms with Crippen LogP contribution in [0.25, 0.3) is 16.7 Å². The monoisotopic (exact) mass is 377 g/mol. The van der Waals surface area contributed by atoms with E-state index in [9.17, 15) is 9.59 Å². The number of rotatable bonds is 4. The fourth-order valence-corrected chi connectivity index (χ4v) is 3.27. The maximum absolute atomic E-state index is 12.3. The fraction of sp³-hybridized carbons (Fsp3) is 0.211. The Morgan fingerprint density at radius 1 is 1.18 bits per heavy atom. The second-order valence-electron chi connectivity index (χ2n) is 6.48. The molecule has 0 aliphatic rings. The van der Waals surface area contributed by atoms with Crippen LogP contribution in [-0.2, 0) is 11.2 Å². The van der Waals surface area contributed by atoms with Crippen LogP contribution in [0.15, 0.2) is 36.8 Å². The number of nitrogens with one attached hydrogen (secondary N) is 3. The van der Waals surface area contributed by atoms with Gasteiger partial charge in [0.2, 0.25) is 5.91 Å². The average molecular weight is 377 g/mol. The van der Waals surface area contributed by atoms with Crippen molar-refractivity contribution < 1.29 is 9.59 Å². The third-order valence-corrected chi connectivity index (χ3v) is 4.74. The van der Waals surface area contributed by atoms with Gasteiger partial charge < -0.3 is 4.98 Å². The van der Waals surface area contributed by atoms with E-state index in [0.717, 1.165) is 27.9 Å². The van der Waals surface area contributed by atoms with Crippen LogP contribution in [0.4, 0.5) is 0 Å². The van der Waals surface area contributed by atoms with Gasteiger partial charge in [0.1, 0.15) is 6.33 Å². The molecule has 2 amide bonds. The third-order valence-electron chi connectivity index (χ3n) is 4.74. The summed E-state index contributed by atoms with van der Waals surface area (Å²) in [5.41, 5.74) is 8.93. The number of para-hydroxylation sites is 1. The molecule has 9 nitrogen and oxygen atoms in total. The van der Waals surface area contributed by atoms with E-state index in [4.69, 9.17) is 0 Å². The summed E-state index contributed by atoms with van der Waals surface area (Å²) in [5.74, 6) is -0.122. The van der Waals surface area contributed by atoms with Crippen LogP contribution in [-0.4, -0.2) is 36.4 Å². The van der Waals surface area contributed by atoms with E-state index in [0.29, 0.717) is 17.8 Å². The zero-order valence-corrected chi connectivity index (χ0v) is 15.5. The number of fused-ring (bicyclic) bond motifs is 2. The van der Waals surface area contributed by atoms with Gasteiger partial charge in [-0.15, -0.1) is 0 Å². The van der Waals surface area contributed by atoms with Crippen LogP contribution in [0.2, 0.25) is 0 Å². The van der Waals surface area contributed by atoms with Crippen LogP contribution in [0.3, 0.4) is 0 Å². The Morgan fingerprint density at radius 3 is 2.86 bits per heavy atom. The number of aromatic nitrogens is 5. The molecule has 0 fully saturated rings. The van der Waals surface area contributed by atoms with Crippen molar-refractivity contribution in [1.29, 1.82) is 0 Å². The van der Waals surface area contributed by atoms with E-state index in [1.54, 1.807) is 10.7 Å². The number of hydrogen-bond donors (Lipinski definition) is 3. The lowest BCUT2D eigenvalue weighted by molar-refractivity contribution is -0.121. The van der Waals surface area contributed by atoms with Crippen LogP contribution in [0.5, 0.6) is 0 Å². The van der Waals surface area contributed by atoms with Gasteiger partial charge in [-0.2, -0.15) is 10.1 Å². The summed E-state index contributed by atoms with van der Waals surface area (Å²) in [6, 6.07) is 7.48. The number of amides is 2. The van der Waals surface area contributed by atoms with E-state index in [1.165, 1.54) is 6.33 Å². The van der Waals surface area contributed by atoms with E-state index < -0.39 is 0 Å². The largest absolute Gasteiger partial charge is 0.360 e. The number of aryl methyl sites for hydroxylation is 2. The normalized spacial score (nSPS) is 11.1. The Labute approximate surface area is 160 Å². The first-order valence-electron chi connectivity index (χ1n) is 8.85. The molecule has 1 aromatic carbocycles. The minimum atomic E-state index is -0.371. The van der Waals surface area contributed by atoms with E-state index in [2.05, 4.69) is 30.9 Å². The second kappa shape index (κ2) is 7.10. The molecule has 0 bridgehead atoms. The average Bonchev–Trinajstić information content (AvgIpc) is 3.32. The van der Waals surface area contributed by atoms with Crippen molar-refractivity contribution in [2.75, 3.05) is 0 Å². The molecule has 142 valence electrons. The summed E-state index contributed by atoms with van der Waals surface area (Å²) in [7, 11) is 0. The maximum atomic E-state index is 12.3. The predicted octanol–water partition coefficient (Wildman–Crippen LogP) is 1.62. The van der Waals surface area contributed by atoms with Crippen molar-refractivity contribution in [1.82, 2.24) is 35.4 Å². The van der Waals surface area contributed by atoms with E-state index in [-0.39, 0.29) is 18.2 Å². The molecule has 3 N–H and O–H groups in total. The van der Waals surface area contributed by atoms with Gasteiger partial charge in [-0.05, 0) is 31.9 Å². The summed E-state index contributed by atoms with van der Waals surface area (Å²) < 4.78 is 1.65. The summed E-state index contributed by atoms with van der Waals surface area (Å²) in [5, 5.41) is 4.94. The van der Waals surface area contributed by atoms with E-state index >= 15 is 0 Å². The lowest BCUT2D eigenvalue weighted by atomic mass is 10.1. The highest BCUT2D eigenvalue weighted by molar-refractivity contribution is 6.07. The third kappa shape index (κ3) is 3.18. The van der Waals surface area contributed by atoms with Gasteiger partial charge in [0.25, 0.3) is 11.7 Å². The molecule has 0 unspecified atom stereocenters. The Balaban J connectivity index is 1.38. The standard InChI is InChI=1S/C19H19N7O2/c1-11-13(12(2)26-19(23-11)21-10-22-26)7-8-17(27)24-25-18(28)15-9-20-16-6-4-3-5-14(15)16/h3-6,9-10,20H,7-8H2,1-2H3,(H,24,27)(H,25,28). The smallest absolute Gasteiger partial charge is 0.271 e. The minimum absolute atomic E-state index is 0.206. The van der Waals surface area contributed by atoms with Crippen LogP contribution < -0.4 is 10.9 Å². The Morgan fingerprint density at radius 2 is 2.00 bits per heavy atom. The number of hydrogen-bond acceptors (Lipinski definition) is 5. The molecule has 0 aliphatic heterocycles. The summed E-state index contributed by atoms with van der Waals surface area (Å²) in [4.78, 5) is 36.1. The molecule has 0 radical (unpaired) electrons. The summed E-state index contributed by atoms with van der Waals surface area (Å²) >= 11 is 0. The number of H-pyrrole nitrogens is 1. The minimum Gasteiger partial charge on any atom is -0.360 e. The summed E-state index contributed by atoms with van der Waals surface area (Å²) in [6.45, 7) is 3.80. The highest BCUT2D eigenvalue weighted by atomic mass is 16.2. The van der Waals surface area contributed by atoms with Gasteiger partial charge in [-0.25, -0.2) is 9.50 Å². The van der Waals surface area contributed by atoms with Gasteiger partial charge in [0.05, 0.1) is 5.56 Å². The molecular weight excluding hydrogens is 358 g/mol. The molecule has 4 rings (SSSR count). The maximum Gasteiger partial charge on any atom is 0.271 e. The summed E-state index contributed by atoms with van der Waals surface area (Å²) in [6.07, 6.45) is 3.76. The predicted molar refractivity (Wildman–Crippen MR) is 102 cm³/mol. The Hall–Kier alpha value is -3.75. The number of benzene rings is 1. The Kier molecular flexibility index (Phi) is 4.48. The van der Waals surface area contributed by atoms with Crippen molar-refractivity contribution in [3.8, 4) is 0 Å².